The monoisotopic (exact) mass is 440 g/mol. The first-order chi connectivity index (χ1) is 14.4. The number of fused-ring (bicyclic) bond motifs is 1. The van der Waals surface area contributed by atoms with Gasteiger partial charge in [-0.2, -0.15) is 0 Å². The number of rotatable bonds is 4. The van der Waals surface area contributed by atoms with Gasteiger partial charge in [0.05, 0.1) is 10.6 Å². The van der Waals surface area contributed by atoms with E-state index in [0.717, 1.165) is 17.6 Å². The van der Waals surface area contributed by atoms with Gasteiger partial charge in [-0.15, -0.1) is 0 Å². The van der Waals surface area contributed by atoms with E-state index in [4.69, 9.17) is 28.6 Å². The number of aromatic nitrogens is 1. The van der Waals surface area contributed by atoms with Crippen LogP contribution in [0.1, 0.15) is 25.3 Å². The Morgan fingerprint density at radius 1 is 1.17 bits per heavy atom. The van der Waals surface area contributed by atoms with Gasteiger partial charge in [-0.25, -0.2) is 0 Å². The molecule has 2 heterocycles. The fourth-order valence-corrected chi connectivity index (χ4v) is 4.12. The van der Waals surface area contributed by atoms with Crippen LogP contribution in [0.3, 0.4) is 0 Å². The molecule has 0 bridgehead atoms. The first kappa shape index (κ1) is 20.2. The van der Waals surface area contributed by atoms with Crippen molar-refractivity contribution < 1.29 is 4.92 Å². The summed E-state index contributed by atoms with van der Waals surface area (Å²) in [5.41, 5.74) is 4.20. The Labute approximate surface area is 183 Å². The Morgan fingerprint density at radius 3 is 2.57 bits per heavy atom. The lowest BCUT2D eigenvalue weighted by molar-refractivity contribution is -0.384. The number of hydrogen-bond acceptors (Lipinski definition) is 4. The number of nitrogens with one attached hydrogen (secondary N) is 2. The highest BCUT2D eigenvalue weighted by Crippen LogP contribution is 2.43. The van der Waals surface area contributed by atoms with Crippen LogP contribution in [0.2, 0.25) is 10.2 Å². The summed E-state index contributed by atoms with van der Waals surface area (Å²) in [6.07, 6.45) is 3.18. The minimum absolute atomic E-state index is 0.0347. The summed E-state index contributed by atoms with van der Waals surface area (Å²) in [6.45, 7) is 2.04. The lowest BCUT2D eigenvalue weighted by Crippen LogP contribution is -2.03. The second-order valence-corrected chi connectivity index (χ2v) is 7.76. The number of nitro groups is 1. The molecule has 0 aliphatic carbocycles. The van der Waals surface area contributed by atoms with Crippen molar-refractivity contribution in [1.29, 1.82) is 5.41 Å². The Bertz CT molecular complexity index is 1200. The molecule has 0 fully saturated rings. The van der Waals surface area contributed by atoms with E-state index in [1.165, 1.54) is 12.1 Å². The third kappa shape index (κ3) is 3.49. The van der Waals surface area contributed by atoms with Gasteiger partial charge in [-0.3, -0.25) is 14.7 Å². The molecule has 0 amide bonds. The lowest BCUT2D eigenvalue weighted by Gasteiger charge is -2.11. The normalized spacial score (nSPS) is 13.3. The largest absolute Gasteiger partial charge is 0.347 e. The zero-order valence-electron chi connectivity index (χ0n) is 16.1. The molecule has 1 aromatic heterocycles. The second kappa shape index (κ2) is 7.97. The minimum atomic E-state index is -0.440. The predicted octanol–water partition coefficient (Wildman–Crippen LogP) is 6.84. The number of non-ortho nitro benzene ring substituents is 1. The SMILES string of the molecule is CCC1=CNc2c(c(-c3ccc(Cl)cc3)c(Cl)n2-c2cccc([N+](=O)[O-])c2)C(=N)C1. The molecule has 152 valence electrons. The molecule has 0 saturated carbocycles. The third-order valence-electron chi connectivity index (χ3n) is 5.12. The Morgan fingerprint density at radius 2 is 1.90 bits per heavy atom. The van der Waals surface area contributed by atoms with Crippen LogP contribution in [0.4, 0.5) is 11.5 Å². The van der Waals surface area contributed by atoms with Gasteiger partial charge in [-0.1, -0.05) is 48.3 Å². The molecule has 3 aromatic rings. The van der Waals surface area contributed by atoms with Crippen LogP contribution in [0.25, 0.3) is 16.8 Å². The summed E-state index contributed by atoms with van der Waals surface area (Å²) in [6, 6.07) is 13.5. The topological polar surface area (TPSA) is 83.9 Å². The van der Waals surface area contributed by atoms with Gasteiger partial charge in [0, 0.05) is 46.6 Å². The average molecular weight is 441 g/mol. The molecule has 1 aliphatic rings. The lowest BCUT2D eigenvalue weighted by atomic mass is 9.97. The molecule has 2 aromatic carbocycles. The van der Waals surface area contributed by atoms with Crippen LogP contribution in [-0.4, -0.2) is 15.2 Å². The van der Waals surface area contributed by atoms with Gasteiger partial charge in [0.2, 0.25) is 0 Å². The molecule has 0 radical (unpaired) electrons. The van der Waals surface area contributed by atoms with E-state index in [1.54, 1.807) is 28.8 Å². The van der Waals surface area contributed by atoms with Gasteiger partial charge < -0.3 is 10.7 Å². The van der Waals surface area contributed by atoms with Crippen LogP contribution in [0.15, 0.2) is 60.3 Å². The average Bonchev–Trinajstić information content (AvgIpc) is 2.93. The fourth-order valence-electron chi connectivity index (χ4n) is 3.61. The highest BCUT2D eigenvalue weighted by molar-refractivity contribution is 6.35. The number of nitrogens with zero attached hydrogens (tertiary/aromatic N) is 2. The Hall–Kier alpha value is -3.09. The van der Waals surface area contributed by atoms with Crippen LogP contribution in [0.5, 0.6) is 0 Å². The number of hydrogen-bond donors (Lipinski definition) is 2. The molecule has 0 unspecified atom stereocenters. The van der Waals surface area contributed by atoms with Gasteiger partial charge in [0.15, 0.2) is 0 Å². The van der Waals surface area contributed by atoms with Crippen molar-refractivity contribution in [3.8, 4) is 16.8 Å². The first-order valence-corrected chi connectivity index (χ1v) is 10.1. The molecule has 30 heavy (non-hydrogen) atoms. The number of anilines is 1. The van der Waals surface area contributed by atoms with Gasteiger partial charge in [0.25, 0.3) is 5.69 Å². The summed E-state index contributed by atoms with van der Waals surface area (Å²) < 4.78 is 1.72. The quantitative estimate of drug-likeness (QED) is 0.344. The summed E-state index contributed by atoms with van der Waals surface area (Å²) >= 11 is 12.9. The van der Waals surface area contributed by atoms with Crippen molar-refractivity contribution in [2.45, 2.75) is 19.8 Å². The minimum Gasteiger partial charge on any atom is -0.347 e. The maximum Gasteiger partial charge on any atom is 0.271 e. The fraction of sp³-hybridized carbons (Fsp3) is 0.136. The van der Waals surface area contributed by atoms with E-state index in [0.29, 0.717) is 44.9 Å². The molecule has 0 saturated heterocycles. The van der Waals surface area contributed by atoms with E-state index in [1.807, 2.05) is 25.3 Å². The highest BCUT2D eigenvalue weighted by Gasteiger charge is 2.28. The van der Waals surface area contributed by atoms with Gasteiger partial charge >= 0.3 is 0 Å². The molecular formula is C22H18Cl2N4O2. The van der Waals surface area contributed by atoms with E-state index in [2.05, 4.69) is 5.32 Å². The van der Waals surface area contributed by atoms with E-state index >= 15 is 0 Å². The van der Waals surface area contributed by atoms with Gasteiger partial charge in [-0.05, 0) is 35.8 Å². The molecule has 0 atom stereocenters. The van der Waals surface area contributed by atoms with Crippen LogP contribution >= 0.6 is 23.2 Å². The summed E-state index contributed by atoms with van der Waals surface area (Å²) in [7, 11) is 0. The molecule has 2 N–H and O–H groups in total. The molecule has 4 rings (SSSR count). The van der Waals surface area contributed by atoms with Crippen molar-refractivity contribution in [3.05, 3.63) is 86.2 Å². The summed E-state index contributed by atoms with van der Waals surface area (Å²) in [4.78, 5) is 10.9. The molecule has 0 spiro atoms. The van der Waals surface area contributed by atoms with E-state index in [9.17, 15) is 10.1 Å². The molecular weight excluding hydrogens is 423 g/mol. The zero-order valence-corrected chi connectivity index (χ0v) is 17.6. The van der Waals surface area contributed by atoms with Crippen LogP contribution in [-0.2, 0) is 0 Å². The van der Waals surface area contributed by atoms with Crippen molar-refractivity contribution >= 4 is 40.4 Å². The second-order valence-electron chi connectivity index (χ2n) is 6.96. The maximum absolute atomic E-state index is 11.3. The Balaban J connectivity index is 2.01. The number of nitro benzene ring substituents is 1. The zero-order chi connectivity index (χ0) is 21.4. The highest BCUT2D eigenvalue weighted by atomic mass is 35.5. The maximum atomic E-state index is 11.3. The van der Waals surface area contributed by atoms with Crippen LogP contribution in [0, 0.1) is 15.5 Å². The van der Waals surface area contributed by atoms with E-state index in [-0.39, 0.29) is 5.69 Å². The van der Waals surface area contributed by atoms with Gasteiger partial charge in [0.1, 0.15) is 11.0 Å². The van der Waals surface area contributed by atoms with Crippen molar-refractivity contribution in [2.75, 3.05) is 5.32 Å². The number of benzene rings is 2. The summed E-state index contributed by atoms with van der Waals surface area (Å²) in [5, 5.41) is 24.3. The molecule has 1 aliphatic heterocycles. The standard InChI is InChI=1S/C22H18Cl2N4O2/c1-2-13-10-18(25)20-19(14-6-8-15(23)9-7-14)21(24)27(22(20)26-12-13)16-4-3-5-17(11-16)28(29)30/h3-9,11-12,25-26H,2,10H2,1H3. The molecule has 6 nitrogen and oxygen atoms in total. The predicted molar refractivity (Wildman–Crippen MR) is 121 cm³/mol. The number of halogens is 2. The summed E-state index contributed by atoms with van der Waals surface area (Å²) in [5.74, 6) is 0.610. The smallest absolute Gasteiger partial charge is 0.271 e. The van der Waals surface area contributed by atoms with Crippen molar-refractivity contribution in [1.82, 2.24) is 4.57 Å². The Kier molecular flexibility index (Phi) is 5.37. The van der Waals surface area contributed by atoms with Crippen molar-refractivity contribution in [2.24, 2.45) is 0 Å². The van der Waals surface area contributed by atoms with Crippen LogP contribution < -0.4 is 5.32 Å². The third-order valence-corrected chi connectivity index (χ3v) is 5.73. The van der Waals surface area contributed by atoms with Crippen molar-refractivity contribution in [3.63, 3.8) is 0 Å². The first-order valence-electron chi connectivity index (χ1n) is 9.38. The number of allylic oxidation sites excluding steroid dienone is 1. The molecule has 8 heteroatoms. The van der Waals surface area contributed by atoms with E-state index < -0.39 is 4.92 Å².